The summed E-state index contributed by atoms with van der Waals surface area (Å²) in [5.74, 6) is -1.08. The predicted molar refractivity (Wildman–Crippen MR) is 329 cm³/mol. The van der Waals surface area contributed by atoms with Gasteiger partial charge in [-0.3, -0.25) is 19.6 Å². The number of Topliss-reactive ketones (excluding diaryl/α,β-unsaturated/α-hetero) is 1. The van der Waals surface area contributed by atoms with Gasteiger partial charge in [0.05, 0.1) is 84.5 Å². The molecular weight excluding hydrogens is 1330 g/mol. The lowest BCUT2D eigenvalue weighted by molar-refractivity contribution is 0.0685. The number of ether oxygens (including phenoxy) is 1. The number of nitrogens with zero attached hydrogens (tertiary/aromatic N) is 12. The zero-order chi connectivity index (χ0) is 64.7. The minimum absolute atomic E-state index is 0.0919. The van der Waals surface area contributed by atoms with E-state index in [4.69, 9.17) is 113 Å². The van der Waals surface area contributed by atoms with E-state index in [9.17, 15) is 31.2 Å². The van der Waals surface area contributed by atoms with Crippen molar-refractivity contribution in [1.82, 2.24) is 59.9 Å². The highest BCUT2D eigenvalue weighted by molar-refractivity contribution is 7.92. The van der Waals surface area contributed by atoms with Gasteiger partial charge >= 0.3 is 12.1 Å². The number of amides is 1. The van der Waals surface area contributed by atoms with Crippen molar-refractivity contribution in [3.8, 4) is 22.8 Å². The van der Waals surface area contributed by atoms with Gasteiger partial charge in [-0.1, -0.05) is 103 Å². The number of ketones is 1. The Morgan fingerprint density at radius 1 is 0.581 bits per heavy atom. The number of nitrogens with one attached hydrogen (secondary N) is 3. The summed E-state index contributed by atoms with van der Waals surface area (Å²) in [6.45, 7) is 9.50. The van der Waals surface area contributed by atoms with Crippen LogP contribution in [0.2, 0.25) is 40.7 Å². The summed E-state index contributed by atoms with van der Waals surface area (Å²) >= 11 is 45.8. The molecule has 3 atom stereocenters. The number of carboxylic acids is 1. The average Bonchev–Trinajstić information content (AvgIpc) is 2.53. The van der Waals surface area contributed by atoms with E-state index in [0.717, 1.165) is 17.2 Å². The monoisotopic (exact) mass is 1380 g/mol. The van der Waals surface area contributed by atoms with Gasteiger partial charge in [0.25, 0.3) is 0 Å². The first kappa shape index (κ1) is 71.8. The molecule has 6 N–H and O–H groups in total. The number of rotatable bonds is 13. The molecule has 1 amide bonds. The molecule has 0 radical (unpaired) electrons. The molecule has 36 heteroatoms. The zero-order valence-corrected chi connectivity index (χ0v) is 54.2. The third kappa shape index (κ3) is 21.9. The van der Waals surface area contributed by atoms with Crippen molar-refractivity contribution < 1.29 is 51.3 Å². The van der Waals surface area contributed by atoms with Crippen LogP contribution in [0, 0.1) is 13.8 Å². The van der Waals surface area contributed by atoms with Crippen molar-refractivity contribution in [2.24, 2.45) is 14.1 Å². The van der Waals surface area contributed by atoms with Gasteiger partial charge in [-0.25, -0.2) is 65.7 Å². The molecule has 8 heterocycles. The molecule has 3 unspecified atom stereocenters. The van der Waals surface area contributed by atoms with Crippen molar-refractivity contribution in [1.29, 1.82) is 0 Å². The molecule has 0 saturated carbocycles. The maximum atomic E-state index is 12.5. The molecule has 8 aromatic rings. The maximum Gasteiger partial charge on any atom is 0.413 e. The number of carboxylic acid groups (broad SMARTS) is 1. The summed E-state index contributed by atoms with van der Waals surface area (Å²) in [6.07, 6.45) is 4.96. The number of hydrogen-bond acceptors (Lipinski definition) is 20. The highest BCUT2D eigenvalue weighted by Gasteiger charge is 2.23. The molecule has 8 aromatic heterocycles. The minimum Gasteiger partial charge on any atom is -0.476 e. The van der Waals surface area contributed by atoms with Crippen LogP contribution in [0.25, 0.3) is 22.8 Å². The summed E-state index contributed by atoms with van der Waals surface area (Å²) in [4.78, 5) is 58.3. The van der Waals surface area contributed by atoms with E-state index in [1.54, 1.807) is 72.0 Å². The first-order chi connectivity index (χ1) is 40.0. The van der Waals surface area contributed by atoms with Crippen LogP contribution in [0.4, 0.5) is 22.0 Å². The summed E-state index contributed by atoms with van der Waals surface area (Å²) in [5.41, 5.74) is 4.37. The molecular formula is C50H51Cl8N15O11S2. The Labute approximate surface area is 532 Å². The molecule has 26 nitrogen and oxygen atoms in total. The summed E-state index contributed by atoms with van der Waals surface area (Å²) in [6, 6.07) is 12.3. The van der Waals surface area contributed by atoms with Crippen molar-refractivity contribution in [3.05, 3.63) is 153 Å². The van der Waals surface area contributed by atoms with Crippen LogP contribution in [0.1, 0.15) is 94.9 Å². The van der Waals surface area contributed by atoms with Crippen LogP contribution in [0.5, 0.6) is 0 Å². The average molecular weight is 1390 g/mol. The highest BCUT2D eigenvalue weighted by atomic mass is 35.5. The fraction of sp³-hybridized carbons (Fsp3) is 0.260. The smallest absolute Gasteiger partial charge is 0.413 e. The van der Waals surface area contributed by atoms with Crippen LogP contribution in [0.3, 0.4) is 0 Å². The Morgan fingerprint density at radius 3 is 1.35 bits per heavy atom. The predicted octanol–water partition coefficient (Wildman–Crippen LogP) is 11.3. The van der Waals surface area contributed by atoms with Gasteiger partial charge in [0.2, 0.25) is 20.0 Å². The highest BCUT2D eigenvalue weighted by Crippen LogP contribution is 2.31. The van der Waals surface area contributed by atoms with E-state index in [1.807, 2.05) is 0 Å². The first-order valence-electron chi connectivity index (χ1n) is 24.0. The van der Waals surface area contributed by atoms with Gasteiger partial charge < -0.3 is 20.1 Å². The standard InChI is InChI=1S/C18H19Cl2N7O4S.C11H13N5O4S.2C7H7Cl2NO.C7H5Cl2NO/c1-9-13(25-32(4,29)30)5-6-14(22-9)15-17(27(3)26-24-15)23-18(28)31-10(2)12-7-11(19)8-21-16(12)20;1-6-7(14-21(3,19)20)4-5-8(12-6)9-10(11(17)18)16(2)15-13-9;3*1-4(11)6-2-5(8)3-10-7(6)9/h5-8,10,25H,1-4H3,(H,23,28);4-5,14H,1-3H3,(H,17,18);2*2-4,11H,1H3;2-3H,1H3. The number of hydrogen-bond donors (Lipinski definition) is 6. The number of aromatic nitrogens is 12. The lowest BCUT2D eigenvalue weighted by atomic mass is 10.2. The van der Waals surface area contributed by atoms with Gasteiger partial charge in [0.1, 0.15) is 32.4 Å². The van der Waals surface area contributed by atoms with E-state index in [2.05, 4.69) is 65.3 Å². The summed E-state index contributed by atoms with van der Waals surface area (Å²) in [7, 11) is -3.82. The number of carbonyl (C=O) groups is 3. The molecule has 0 aromatic carbocycles. The van der Waals surface area contributed by atoms with Crippen LogP contribution in [-0.4, -0.2) is 122 Å². The molecule has 0 aliphatic rings. The molecule has 86 heavy (non-hydrogen) atoms. The second kappa shape index (κ2) is 31.8. The number of anilines is 3. The van der Waals surface area contributed by atoms with E-state index in [-0.39, 0.29) is 39.0 Å². The normalized spacial score (nSPS) is 12.0. The Kier molecular flexibility index (Phi) is 26.6. The molecule has 0 spiro atoms. The fourth-order valence-corrected chi connectivity index (χ4v) is 9.55. The molecule has 8 rings (SSSR count). The number of halogens is 8. The lowest BCUT2D eigenvalue weighted by Crippen LogP contribution is -2.18. The van der Waals surface area contributed by atoms with Crippen LogP contribution in [0.15, 0.2) is 73.3 Å². The van der Waals surface area contributed by atoms with Gasteiger partial charge in [-0.05, 0) is 90.1 Å². The largest absolute Gasteiger partial charge is 0.476 e. The molecule has 0 aliphatic heterocycles. The Bertz CT molecular complexity index is 3940. The number of aryl methyl sites for hydroxylation is 4. The third-order valence-electron chi connectivity index (χ3n) is 10.6. The van der Waals surface area contributed by atoms with Gasteiger partial charge in [0, 0.05) is 55.6 Å². The van der Waals surface area contributed by atoms with Crippen molar-refractivity contribution in [3.63, 3.8) is 0 Å². The van der Waals surface area contributed by atoms with Crippen molar-refractivity contribution in [2.45, 2.75) is 59.9 Å². The molecule has 0 aliphatic carbocycles. The van der Waals surface area contributed by atoms with Crippen LogP contribution >= 0.6 is 92.8 Å². The SMILES string of the molecule is CC(=O)c1cc(Cl)cnc1Cl.CC(O)c1cc(Cl)cnc1Cl.CC(O)c1cc(Cl)cnc1Cl.Cc1nc(-c2nnn(C)c2C(=O)O)ccc1NS(C)(=O)=O.Cc1nc(-c2nnn(C)c2NC(=O)OC(C)c2cc(Cl)cnc2Cl)ccc1NS(C)(=O)=O. The number of aliphatic hydroxyl groups is 2. The van der Waals surface area contributed by atoms with Crippen molar-refractivity contribution in [2.75, 3.05) is 27.3 Å². The van der Waals surface area contributed by atoms with Gasteiger partial charge in [-0.2, -0.15) is 0 Å². The molecule has 0 saturated heterocycles. The van der Waals surface area contributed by atoms with Crippen LogP contribution in [-0.2, 0) is 38.9 Å². The fourth-order valence-electron chi connectivity index (χ4n) is 6.65. The molecule has 0 fully saturated rings. The van der Waals surface area contributed by atoms with E-state index >= 15 is 0 Å². The van der Waals surface area contributed by atoms with E-state index < -0.39 is 50.4 Å². The maximum absolute atomic E-state index is 12.5. The van der Waals surface area contributed by atoms with Gasteiger partial charge in [0.15, 0.2) is 23.0 Å². The number of aliphatic hydroxyl groups excluding tert-OH is 2. The van der Waals surface area contributed by atoms with E-state index in [1.165, 1.54) is 61.6 Å². The molecule has 460 valence electrons. The third-order valence-corrected chi connectivity index (χ3v) is 13.9. The number of sulfonamides is 2. The second-order valence-electron chi connectivity index (χ2n) is 17.7. The minimum atomic E-state index is -3.46. The first-order valence-corrected chi connectivity index (χ1v) is 30.8. The zero-order valence-electron chi connectivity index (χ0n) is 46.5. The van der Waals surface area contributed by atoms with Crippen LogP contribution < -0.4 is 14.8 Å². The summed E-state index contributed by atoms with van der Waals surface area (Å²) < 4.78 is 57.9. The lowest BCUT2D eigenvalue weighted by Gasteiger charge is -2.15. The number of carbonyl (C=O) groups excluding carboxylic acids is 2. The van der Waals surface area contributed by atoms with Crippen molar-refractivity contribution >= 4 is 148 Å². The Hall–Kier alpha value is -6.67. The quantitative estimate of drug-likeness (QED) is 0.0461. The number of pyridine rings is 6. The molecule has 0 bridgehead atoms. The second-order valence-corrected chi connectivity index (χ2v) is 24.4. The Balaban J connectivity index is 0.000000251. The Morgan fingerprint density at radius 2 is 0.965 bits per heavy atom. The van der Waals surface area contributed by atoms with Gasteiger partial charge in [-0.15, -0.1) is 10.2 Å². The van der Waals surface area contributed by atoms with E-state index in [0.29, 0.717) is 86.8 Å². The topological polar surface area (TPSA) is 364 Å². The number of aromatic carboxylic acids is 1. The summed E-state index contributed by atoms with van der Waals surface area (Å²) in [5, 5.41) is 48.1.